The molecule has 2 heterocycles. The van der Waals surface area contributed by atoms with E-state index in [0.29, 0.717) is 0 Å². The molecular weight excluding hydrogens is 397 g/mol. The van der Waals surface area contributed by atoms with E-state index in [1.54, 1.807) is 20.8 Å². The molecule has 1 atom stereocenters. The van der Waals surface area contributed by atoms with Gasteiger partial charge in [0.25, 0.3) is 5.92 Å². The van der Waals surface area contributed by atoms with E-state index in [1.807, 2.05) is 0 Å². The Morgan fingerprint density at radius 1 is 1.34 bits per heavy atom. The molecule has 160 valence electrons. The minimum absolute atomic E-state index is 0.0225. The highest BCUT2D eigenvalue weighted by Gasteiger charge is 2.45. The van der Waals surface area contributed by atoms with E-state index in [1.165, 1.54) is 17.9 Å². The highest BCUT2D eigenvalue weighted by Crippen LogP contribution is 2.38. The molecule has 1 saturated heterocycles. The molecule has 2 rings (SSSR count). The molecule has 1 aromatic heterocycles. The summed E-state index contributed by atoms with van der Waals surface area (Å²) >= 11 is 0. The monoisotopic (exact) mass is 419 g/mol. The number of nitrogens with one attached hydrogen (secondary N) is 1. The quantitative estimate of drug-likeness (QED) is 0.584. The Kier molecular flexibility index (Phi) is 6.30. The van der Waals surface area contributed by atoms with Crippen molar-refractivity contribution in [2.24, 2.45) is 5.41 Å². The number of amides is 1. The second-order valence-corrected chi connectivity index (χ2v) is 7.74. The van der Waals surface area contributed by atoms with Gasteiger partial charge in [0, 0.05) is 11.5 Å². The van der Waals surface area contributed by atoms with Crippen molar-refractivity contribution in [3.05, 3.63) is 18.0 Å². The van der Waals surface area contributed by atoms with Crippen LogP contribution >= 0.6 is 0 Å². The summed E-state index contributed by atoms with van der Waals surface area (Å²) in [6.07, 6.45) is -3.45. The summed E-state index contributed by atoms with van der Waals surface area (Å²) in [6, 6.07) is 0.294. The summed E-state index contributed by atoms with van der Waals surface area (Å²) in [6.45, 7) is 3.73. The third-order valence-electron chi connectivity index (χ3n) is 3.98. The summed E-state index contributed by atoms with van der Waals surface area (Å²) in [5.74, 6) is 1.86. The van der Waals surface area contributed by atoms with E-state index in [4.69, 9.17) is 4.74 Å². The molecule has 0 spiro atoms. The third kappa shape index (κ3) is 6.21. The zero-order valence-electron chi connectivity index (χ0n) is 16.5. The molecule has 0 radical (unpaired) electrons. The SMILES string of the molecule is CC#CC(NC(=O)C(C)(C)C)c1cc(OCC(F)(F)F)c(N2CC(F)(F)C2)cn1. The number of carbonyl (C=O) groups is 1. The minimum Gasteiger partial charge on any atom is -0.482 e. The number of pyridine rings is 1. The summed E-state index contributed by atoms with van der Waals surface area (Å²) in [7, 11) is 0. The maximum absolute atomic E-state index is 13.2. The van der Waals surface area contributed by atoms with Crippen molar-refractivity contribution in [2.75, 3.05) is 24.6 Å². The Hall–Kier alpha value is -2.57. The lowest BCUT2D eigenvalue weighted by atomic mass is 9.95. The first-order valence-electron chi connectivity index (χ1n) is 8.77. The first kappa shape index (κ1) is 22.7. The van der Waals surface area contributed by atoms with E-state index >= 15 is 0 Å². The molecule has 1 aliphatic heterocycles. The maximum Gasteiger partial charge on any atom is 0.422 e. The summed E-state index contributed by atoms with van der Waals surface area (Å²) < 4.78 is 69.1. The molecule has 29 heavy (non-hydrogen) atoms. The van der Waals surface area contributed by atoms with Gasteiger partial charge in [0.1, 0.15) is 11.8 Å². The number of nitrogens with zero attached hydrogens (tertiary/aromatic N) is 2. The standard InChI is InChI=1S/C19H22F5N3O2/c1-5-6-12(26-16(28)17(2,3)4)13-7-15(29-11-19(22,23)24)14(8-25-13)27-9-18(20,21)10-27/h7-8,12H,9-11H2,1-4H3,(H,26,28). The Balaban J connectivity index is 2.35. The van der Waals surface area contributed by atoms with Gasteiger partial charge < -0.3 is 15.0 Å². The Bertz CT molecular complexity index is 814. The number of hydrogen-bond donors (Lipinski definition) is 1. The largest absolute Gasteiger partial charge is 0.482 e. The van der Waals surface area contributed by atoms with Gasteiger partial charge in [0.05, 0.1) is 30.7 Å². The van der Waals surface area contributed by atoms with Crippen molar-refractivity contribution in [1.29, 1.82) is 0 Å². The Labute approximate surface area is 165 Å². The molecule has 0 bridgehead atoms. The molecule has 5 nitrogen and oxygen atoms in total. The lowest BCUT2D eigenvalue weighted by Gasteiger charge is -2.40. The van der Waals surface area contributed by atoms with E-state index in [-0.39, 0.29) is 23.0 Å². The molecule has 1 aliphatic rings. The molecule has 0 aliphatic carbocycles. The van der Waals surface area contributed by atoms with Crippen LogP contribution in [0.1, 0.15) is 39.4 Å². The summed E-state index contributed by atoms with van der Waals surface area (Å²) in [5, 5.41) is 2.68. The Morgan fingerprint density at radius 3 is 2.45 bits per heavy atom. The number of rotatable bonds is 5. The number of halogens is 5. The molecule has 1 fully saturated rings. The van der Waals surface area contributed by atoms with E-state index in [9.17, 15) is 26.7 Å². The summed E-state index contributed by atoms with van der Waals surface area (Å²) in [4.78, 5) is 17.6. The van der Waals surface area contributed by atoms with Crippen molar-refractivity contribution >= 4 is 11.6 Å². The third-order valence-corrected chi connectivity index (χ3v) is 3.98. The smallest absolute Gasteiger partial charge is 0.422 e. The van der Waals surface area contributed by atoms with Crippen molar-refractivity contribution < 1.29 is 31.5 Å². The topological polar surface area (TPSA) is 54.5 Å². The van der Waals surface area contributed by atoms with Crippen LogP contribution in [0.25, 0.3) is 0 Å². The van der Waals surface area contributed by atoms with Gasteiger partial charge in [-0.05, 0) is 6.92 Å². The number of anilines is 1. The van der Waals surface area contributed by atoms with Crippen LogP contribution in [0.5, 0.6) is 5.75 Å². The highest BCUT2D eigenvalue weighted by molar-refractivity contribution is 5.82. The lowest BCUT2D eigenvalue weighted by Crippen LogP contribution is -2.56. The average molecular weight is 419 g/mol. The fraction of sp³-hybridized carbons (Fsp3) is 0.579. The molecule has 1 N–H and O–H groups in total. The highest BCUT2D eigenvalue weighted by atomic mass is 19.4. The molecular formula is C19H22F5N3O2. The molecule has 1 aromatic rings. The molecule has 0 aromatic carbocycles. The number of hydrogen-bond acceptors (Lipinski definition) is 4. The van der Waals surface area contributed by atoms with E-state index < -0.39 is 43.3 Å². The fourth-order valence-electron chi connectivity index (χ4n) is 2.47. The van der Waals surface area contributed by atoms with Gasteiger partial charge in [-0.25, -0.2) is 8.78 Å². The molecule has 1 unspecified atom stereocenters. The second-order valence-electron chi connectivity index (χ2n) is 7.74. The molecule has 1 amide bonds. The predicted molar refractivity (Wildman–Crippen MR) is 96.7 cm³/mol. The van der Waals surface area contributed by atoms with E-state index in [2.05, 4.69) is 22.1 Å². The Morgan fingerprint density at radius 2 is 1.97 bits per heavy atom. The number of ether oxygens (including phenoxy) is 1. The van der Waals surface area contributed by atoms with Crippen LogP contribution in [0.2, 0.25) is 0 Å². The van der Waals surface area contributed by atoms with Crippen molar-refractivity contribution in [2.45, 2.75) is 45.8 Å². The molecule has 10 heteroatoms. The van der Waals surface area contributed by atoms with Crippen LogP contribution in [0.4, 0.5) is 27.6 Å². The fourth-order valence-corrected chi connectivity index (χ4v) is 2.47. The second kappa shape index (κ2) is 8.05. The van der Waals surface area contributed by atoms with Crippen molar-refractivity contribution in [1.82, 2.24) is 10.3 Å². The maximum atomic E-state index is 13.2. The normalized spacial score (nSPS) is 16.9. The van der Waals surface area contributed by atoms with Gasteiger partial charge in [0.2, 0.25) is 5.91 Å². The van der Waals surface area contributed by atoms with Crippen molar-refractivity contribution in [3.8, 4) is 17.6 Å². The zero-order valence-corrected chi connectivity index (χ0v) is 16.5. The first-order valence-corrected chi connectivity index (χ1v) is 8.77. The van der Waals surface area contributed by atoms with Crippen LogP contribution in [-0.2, 0) is 4.79 Å². The van der Waals surface area contributed by atoms with Crippen LogP contribution in [0, 0.1) is 17.3 Å². The number of aromatic nitrogens is 1. The number of carbonyl (C=O) groups excluding carboxylic acids is 1. The van der Waals surface area contributed by atoms with Gasteiger partial charge in [-0.15, -0.1) is 5.92 Å². The average Bonchev–Trinajstić information content (AvgIpc) is 2.55. The van der Waals surface area contributed by atoms with Gasteiger partial charge in [0.15, 0.2) is 6.61 Å². The van der Waals surface area contributed by atoms with Crippen LogP contribution in [0.3, 0.4) is 0 Å². The first-order chi connectivity index (χ1) is 13.2. The van der Waals surface area contributed by atoms with Crippen LogP contribution < -0.4 is 15.0 Å². The minimum atomic E-state index is -4.61. The van der Waals surface area contributed by atoms with Gasteiger partial charge in [-0.3, -0.25) is 9.78 Å². The van der Waals surface area contributed by atoms with E-state index in [0.717, 1.165) is 6.20 Å². The van der Waals surface area contributed by atoms with Gasteiger partial charge in [-0.2, -0.15) is 13.2 Å². The van der Waals surface area contributed by atoms with Gasteiger partial charge >= 0.3 is 6.18 Å². The van der Waals surface area contributed by atoms with Crippen molar-refractivity contribution in [3.63, 3.8) is 0 Å². The van der Waals surface area contributed by atoms with Crippen LogP contribution in [-0.4, -0.2) is 42.7 Å². The number of alkyl halides is 5. The van der Waals surface area contributed by atoms with Gasteiger partial charge in [-0.1, -0.05) is 26.7 Å². The predicted octanol–water partition coefficient (Wildman–Crippen LogP) is 3.70. The summed E-state index contributed by atoms with van der Waals surface area (Å²) in [5.41, 5.74) is -0.564. The zero-order chi connectivity index (χ0) is 22.0. The molecule has 0 saturated carbocycles. The lowest BCUT2D eigenvalue weighted by molar-refractivity contribution is -0.153. The van der Waals surface area contributed by atoms with Crippen LogP contribution in [0.15, 0.2) is 12.3 Å².